The number of anilines is 1. The normalized spacial score (nSPS) is 17.9. The summed E-state index contributed by atoms with van der Waals surface area (Å²) in [6.07, 6.45) is 1.28. The van der Waals surface area contributed by atoms with Gasteiger partial charge in [0.1, 0.15) is 5.69 Å². The second-order valence-corrected chi connectivity index (χ2v) is 7.52. The molecule has 0 aliphatic carbocycles. The van der Waals surface area contributed by atoms with Gasteiger partial charge in [-0.15, -0.1) is 0 Å². The van der Waals surface area contributed by atoms with Gasteiger partial charge >= 0.3 is 10.2 Å². The van der Waals surface area contributed by atoms with Crippen molar-refractivity contribution in [3.63, 3.8) is 0 Å². The molecule has 0 radical (unpaired) electrons. The first kappa shape index (κ1) is 16.6. The maximum absolute atomic E-state index is 13.7. The van der Waals surface area contributed by atoms with Crippen LogP contribution < -0.4 is 10.5 Å². The summed E-state index contributed by atoms with van der Waals surface area (Å²) in [6.45, 7) is 1.09. The molecule has 1 saturated heterocycles. The van der Waals surface area contributed by atoms with Crippen LogP contribution in [-0.2, 0) is 10.2 Å². The van der Waals surface area contributed by atoms with Gasteiger partial charge in [0, 0.05) is 17.6 Å². The number of nitrogens with zero attached hydrogens (tertiary/aromatic N) is 1. The number of halogens is 3. The highest BCUT2D eigenvalue weighted by molar-refractivity contribution is 9.10. The number of nitrogens with two attached hydrogens (primary N) is 1. The zero-order valence-electron chi connectivity index (χ0n) is 11.2. The van der Waals surface area contributed by atoms with E-state index < -0.39 is 27.5 Å². The van der Waals surface area contributed by atoms with E-state index in [4.69, 9.17) is 5.73 Å². The maximum atomic E-state index is 13.7. The first-order chi connectivity index (χ1) is 9.83. The molecule has 21 heavy (non-hydrogen) atoms. The first-order valence-corrected chi connectivity index (χ1v) is 8.69. The molecule has 1 aliphatic rings. The molecule has 9 heteroatoms. The van der Waals surface area contributed by atoms with Gasteiger partial charge in [-0.2, -0.15) is 12.7 Å². The Morgan fingerprint density at radius 3 is 2.29 bits per heavy atom. The van der Waals surface area contributed by atoms with Gasteiger partial charge in [-0.05, 0) is 37.4 Å². The number of benzene rings is 1. The van der Waals surface area contributed by atoms with E-state index in [1.807, 2.05) is 4.72 Å². The van der Waals surface area contributed by atoms with Gasteiger partial charge in [0.25, 0.3) is 0 Å². The minimum absolute atomic E-state index is 0.198. The van der Waals surface area contributed by atoms with Crippen molar-refractivity contribution in [2.75, 3.05) is 24.4 Å². The van der Waals surface area contributed by atoms with E-state index in [0.717, 1.165) is 12.1 Å². The third-order valence-corrected chi connectivity index (χ3v) is 5.45. The van der Waals surface area contributed by atoms with Crippen molar-refractivity contribution < 1.29 is 17.2 Å². The summed E-state index contributed by atoms with van der Waals surface area (Å²) in [6, 6.07) is 2.00. The topological polar surface area (TPSA) is 75.4 Å². The molecular weight excluding hydrogens is 368 g/mol. The van der Waals surface area contributed by atoms with Crippen molar-refractivity contribution in [2.45, 2.75) is 12.8 Å². The van der Waals surface area contributed by atoms with Crippen molar-refractivity contribution in [3.8, 4) is 0 Å². The molecular formula is C12H16BrF2N3O2S. The largest absolute Gasteiger partial charge is 0.330 e. The molecule has 1 heterocycles. The summed E-state index contributed by atoms with van der Waals surface area (Å²) in [4.78, 5) is 0. The Morgan fingerprint density at radius 2 is 1.81 bits per heavy atom. The predicted molar refractivity (Wildman–Crippen MR) is 80.0 cm³/mol. The number of piperidine rings is 1. The summed E-state index contributed by atoms with van der Waals surface area (Å²) in [5, 5.41) is 0. The number of rotatable bonds is 4. The molecule has 0 saturated carbocycles. The maximum Gasteiger partial charge on any atom is 0.301 e. The molecule has 3 N–H and O–H groups in total. The summed E-state index contributed by atoms with van der Waals surface area (Å²) < 4.78 is 55.1. The van der Waals surface area contributed by atoms with E-state index in [0.29, 0.717) is 19.4 Å². The second-order valence-electron chi connectivity index (χ2n) is 4.93. The van der Waals surface area contributed by atoms with E-state index in [9.17, 15) is 17.2 Å². The average molecular weight is 384 g/mol. The fourth-order valence-electron chi connectivity index (χ4n) is 2.22. The van der Waals surface area contributed by atoms with Gasteiger partial charge in [-0.25, -0.2) is 8.78 Å². The lowest BCUT2D eigenvalue weighted by Crippen LogP contribution is -2.43. The summed E-state index contributed by atoms with van der Waals surface area (Å²) in [7, 11) is -3.98. The van der Waals surface area contributed by atoms with Crippen LogP contribution in [-0.4, -0.2) is 32.4 Å². The second kappa shape index (κ2) is 6.55. The molecule has 0 spiro atoms. The zero-order valence-corrected chi connectivity index (χ0v) is 13.6. The van der Waals surface area contributed by atoms with Crippen molar-refractivity contribution in [1.29, 1.82) is 0 Å². The van der Waals surface area contributed by atoms with Gasteiger partial charge < -0.3 is 5.73 Å². The van der Waals surface area contributed by atoms with E-state index in [2.05, 4.69) is 15.9 Å². The van der Waals surface area contributed by atoms with E-state index in [1.54, 1.807) is 0 Å². The van der Waals surface area contributed by atoms with Crippen LogP contribution in [0.1, 0.15) is 12.8 Å². The Labute approximate surface area is 130 Å². The highest BCUT2D eigenvalue weighted by Crippen LogP contribution is 2.26. The lowest BCUT2D eigenvalue weighted by atomic mass is 9.99. The summed E-state index contributed by atoms with van der Waals surface area (Å²) in [5.74, 6) is -1.65. The lowest BCUT2D eigenvalue weighted by Gasteiger charge is -2.30. The van der Waals surface area contributed by atoms with Crippen LogP contribution in [0.3, 0.4) is 0 Å². The van der Waals surface area contributed by atoms with Crippen LogP contribution in [0.25, 0.3) is 0 Å². The molecule has 0 bridgehead atoms. The predicted octanol–water partition coefficient (Wildman–Crippen LogP) is 2.05. The number of hydrogen-bond donors (Lipinski definition) is 2. The van der Waals surface area contributed by atoms with Gasteiger partial charge in [-0.1, -0.05) is 15.9 Å². The molecule has 5 nitrogen and oxygen atoms in total. The molecule has 0 unspecified atom stereocenters. The summed E-state index contributed by atoms with van der Waals surface area (Å²) in [5.41, 5.74) is 4.88. The van der Waals surface area contributed by atoms with Crippen LogP contribution in [0, 0.1) is 17.6 Å². The fraction of sp³-hybridized carbons (Fsp3) is 0.500. The molecule has 118 valence electrons. The van der Waals surface area contributed by atoms with Crippen molar-refractivity contribution in [2.24, 2.45) is 11.7 Å². The monoisotopic (exact) mass is 383 g/mol. The SMILES string of the molecule is NCC1CCN(S(=O)(=O)Nc2c(F)cc(Br)cc2F)CC1. The standard InChI is InChI=1S/C12H16BrF2N3O2S/c13-9-5-10(14)12(11(15)6-9)17-21(19,20)18-3-1-8(7-16)2-4-18/h5-6,8,17H,1-4,7,16H2. The van der Waals surface area contributed by atoms with Crippen LogP contribution in [0.15, 0.2) is 16.6 Å². The van der Waals surface area contributed by atoms with Crippen LogP contribution in [0.5, 0.6) is 0 Å². The van der Waals surface area contributed by atoms with Gasteiger partial charge in [0.2, 0.25) is 0 Å². The highest BCUT2D eigenvalue weighted by Gasteiger charge is 2.29. The number of nitrogens with one attached hydrogen (secondary N) is 1. The van der Waals surface area contributed by atoms with Gasteiger partial charge in [0.15, 0.2) is 11.6 Å². The minimum atomic E-state index is -3.98. The number of hydrogen-bond acceptors (Lipinski definition) is 3. The van der Waals surface area contributed by atoms with E-state index in [1.165, 1.54) is 4.31 Å². The third kappa shape index (κ3) is 3.91. The van der Waals surface area contributed by atoms with Crippen LogP contribution in [0.4, 0.5) is 14.5 Å². The van der Waals surface area contributed by atoms with Gasteiger partial charge in [0.05, 0.1) is 0 Å². The van der Waals surface area contributed by atoms with Crippen molar-refractivity contribution in [1.82, 2.24) is 4.31 Å². The van der Waals surface area contributed by atoms with E-state index in [-0.39, 0.29) is 23.5 Å². The zero-order chi connectivity index (χ0) is 15.6. The lowest BCUT2D eigenvalue weighted by molar-refractivity contribution is 0.279. The quantitative estimate of drug-likeness (QED) is 0.835. The molecule has 0 atom stereocenters. The smallest absolute Gasteiger partial charge is 0.301 e. The Bertz CT molecular complexity index is 596. The molecule has 1 fully saturated rings. The Balaban J connectivity index is 2.15. The third-order valence-electron chi connectivity index (χ3n) is 3.48. The Hall–Kier alpha value is -0.770. The Kier molecular flexibility index (Phi) is 5.18. The van der Waals surface area contributed by atoms with E-state index >= 15 is 0 Å². The molecule has 0 aromatic heterocycles. The fourth-order valence-corrected chi connectivity index (χ4v) is 3.89. The summed E-state index contributed by atoms with van der Waals surface area (Å²) >= 11 is 2.94. The van der Waals surface area contributed by atoms with Crippen molar-refractivity contribution in [3.05, 3.63) is 28.2 Å². The Morgan fingerprint density at radius 1 is 1.29 bits per heavy atom. The van der Waals surface area contributed by atoms with Crippen LogP contribution in [0.2, 0.25) is 0 Å². The molecule has 1 aliphatic heterocycles. The minimum Gasteiger partial charge on any atom is -0.330 e. The van der Waals surface area contributed by atoms with Crippen LogP contribution >= 0.6 is 15.9 Å². The molecule has 2 rings (SSSR count). The molecule has 1 aromatic carbocycles. The van der Waals surface area contributed by atoms with Crippen molar-refractivity contribution >= 4 is 31.8 Å². The van der Waals surface area contributed by atoms with Gasteiger partial charge in [-0.3, -0.25) is 4.72 Å². The first-order valence-electron chi connectivity index (χ1n) is 6.46. The molecule has 0 amide bonds. The highest BCUT2D eigenvalue weighted by atomic mass is 79.9. The average Bonchev–Trinajstić information content (AvgIpc) is 2.43. The molecule has 1 aromatic rings.